The zero-order valence-electron chi connectivity index (χ0n) is 23.5. The second-order valence-electron chi connectivity index (χ2n) is 11.6. The van der Waals surface area contributed by atoms with Crippen molar-refractivity contribution in [2.45, 2.75) is 57.5 Å². The van der Waals surface area contributed by atoms with E-state index in [-0.39, 0.29) is 18.3 Å². The summed E-state index contributed by atoms with van der Waals surface area (Å²) in [5.41, 5.74) is 3.68. The summed E-state index contributed by atoms with van der Waals surface area (Å²) < 4.78 is 14.4. The summed E-state index contributed by atoms with van der Waals surface area (Å²) in [6, 6.07) is 16.9. The third-order valence-electron chi connectivity index (χ3n) is 9.19. The number of piperidine rings is 1. The van der Waals surface area contributed by atoms with Crippen LogP contribution in [0.5, 0.6) is 0 Å². The predicted molar refractivity (Wildman–Crippen MR) is 154 cm³/mol. The Morgan fingerprint density at radius 2 is 1.64 bits per heavy atom. The van der Waals surface area contributed by atoms with Crippen LogP contribution in [0.3, 0.4) is 0 Å². The highest BCUT2D eigenvalue weighted by Gasteiger charge is 2.38. The number of carbonyl (C=O) groups excluding carboxylic acids is 1. The van der Waals surface area contributed by atoms with Crippen molar-refractivity contribution in [3.05, 3.63) is 65.5 Å². The minimum Gasteiger partial charge on any atom is -0.395 e. The van der Waals surface area contributed by atoms with Gasteiger partial charge in [-0.1, -0.05) is 43.3 Å². The number of piperazine rings is 1. The van der Waals surface area contributed by atoms with Gasteiger partial charge in [-0.2, -0.15) is 0 Å². The summed E-state index contributed by atoms with van der Waals surface area (Å²) in [5.74, 6) is 0.441. The summed E-state index contributed by atoms with van der Waals surface area (Å²) in [6.07, 6.45) is 5.66. The van der Waals surface area contributed by atoms with Gasteiger partial charge in [0.05, 0.1) is 12.3 Å². The number of aliphatic hydroxyl groups is 1. The van der Waals surface area contributed by atoms with Crippen LogP contribution in [0.25, 0.3) is 0 Å². The first-order valence-electron chi connectivity index (χ1n) is 15.0. The van der Waals surface area contributed by atoms with Gasteiger partial charge < -0.3 is 14.9 Å². The third-order valence-corrected chi connectivity index (χ3v) is 9.19. The van der Waals surface area contributed by atoms with Crippen molar-refractivity contribution >= 4 is 11.6 Å². The van der Waals surface area contributed by atoms with E-state index in [1.165, 1.54) is 11.1 Å². The van der Waals surface area contributed by atoms with Gasteiger partial charge >= 0.3 is 0 Å². The molecule has 1 amide bonds. The summed E-state index contributed by atoms with van der Waals surface area (Å²) >= 11 is 0. The van der Waals surface area contributed by atoms with Gasteiger partial charge in [0.1, 0.15) is 5.82 Å². The minimum atomic E-state index is -0.146. The van der Waals surface area contributed by atoms with E-state index in [0.29, 0.717) is 43.2 Å². The average molecular weight is 537 g/mol. The average Bonchev–Trinajstić information content (AvgIpc) is 3.41. The Morgan fingerprint density at radius 1 is 0.949 bits per heavy atom. The molecular weight excluding hydrogens is 491 g/mol. The Labute approximate surface area is 233 Å². The van der Waals surface area contributed by atoms with E-state index < -0.39 is 0 Å². The maximum Gasteiger partial charge on any atom is 0.222 e. The molecule has 5 rings (SSSR count). The fraction of sp³-hybridized carbons (Fsp3) is 0.594. The van der Waals surface area contributed by atoms with E-state index >= 15 is 0 Å². The first kappa shape index (κ1) is 28.1. The molecule has 2 heterocycles. The van der Waals surface area contributed by atoms with Gasteiger partial charge in [-0.25, -0.2) is 4.39 Å². The lowest BCUT2D eigenvalue weighted by molar-refractivity contribution is -0.132. The van der Waals surface area contributed by atoms with Crippen LogP contribution in [0, 0.1) is 11.7 Å². The highest BCUT2D eigenvalue weighted by molar-refractivity contribution is 5.76. The second kappa shape index (κ2) is 13.2. The Bertz CT molecular complexity index is 1060. The number of rotatable bonds is 10. The highest BCUT2D eigenvalue weighted by Crippen LogP contribution is 2.33. The van der Waals surface area contributed by atoms with Gasteiger partial charge in [-0.05, 0) is 67.8 Å². The summed E-state index contributed by atoms with van der Waals surface area (Å²) in [4.78, 5) is 22.4. The SMILES string of the molecule is CCCN(CCO)C(=O)CC[C@H]1CN(C2Cc3ccccc3C2)CC[C@H]1N1CCN(c2ccccc2F)CC1. The molecule has 2 aliphatic heterocycles. The van der Waals surface area contributed by atoms with Gasteiger partial charge in [0, 0.05) is 64.3 Å². The first-order valence-corrected chi connectivity index (χ1v) is 15.0. The Morgan fingerprint density at radius 3 is 2.31 bits per heavy atom. The van der Waals surface area contributed by atoms with Crippen LogP contribution in [-0.2, 0) is 17.6 Å². The van der Waals surface area contributed by atoms with Crippen LogP contribution in [0.1, 0.15) is 43.7 Å². The van der Waals surface area contributed by atoms with E-state index in [0.717, 1.165) is 71.4 Å². The van der Waals surface area contributed by atoms with Crippen LogP contribution >= 0.6 is 0 Å². The Balaban J connectivity index is 1.25. The maximum absolute atomic E-state index is 14.4. The van der Waals surface area contributed by atoms with Gasteiger partial charge in [0.25, 0.3) is 0 Å². The summed E-state index contributed by atoms with van der Waals surface area (Å²) in [5, 5.41) is 9.46. The molecule has 6 nitrogen and oxygen atoms in total. The third kappa shape index (κ3) is 6.64. The van der Waals surface area contributed by atoms with E-state index in [2.05, 4.69) is 45.9 Å². The number of carbonyl (C=O) groups is 1. The number of fused-ring (bicyclic) bond motifs is 1. The fourth-order valence-electron chi connectivity index (χ4n) is 7.16. The molecule has 2 fully saturated rings. The van der Waals surface area contributed by atoms with Crippen molar-refractivity contribution in [2.75, 3.05) is 63.9 Å². The molecule has 1 aliphatic carbocycles. The molecular formula is C32H45FN4O2. The van der Waals surface area contributed by atoms with Gasteiger partial charge in [-0.3, -0.25) is 14.6 Å². The molecule has 3 aliphatic rings. The van der Waals surface area contributed by atoms with Crippen molar-refractivity contribution in [3.63, 3.8) is 0 Å². The monoisotopic (exact) mass is 536 g/mol. The van der Waals surface area contributed by atoms with Crippen molar-refractivity contribution in [1.82, 2.24) is 14.7 Å². The van der Waals surface area contributed by atoms with Crippen molar-refractivity contribution in [3.8, 4) is 0 Å². The maximum atomic E-state index is 14.4. The molecule has 0 aromatic heterocycles. The number of likely N-dealkylation sites (tertiary alicyclic amines) is 1. The van der Waals surface area contributed by atoms with Crippen LogP contribution in [0.2, 0.25) is 0 Å². The molecule has 2 atom stereocenters. The van der Waals surface area contributed by atoms with Crippen molar-refractivity contribution < 1.29 is 14.3 Å². The fourth-order valence-corrected chi connectivity index (χ4v) is 7.16. The molecule has 39 heavy (non-hydrogen) atoms. The van der Waals surface area contributed by atoms with Crippen LogP contribution in [-0.4, -0.2) is 96.8 Å². The molecule has 2 aromatic rings. The molecule has 0 saturated carbocycles. The standard InChI is InChI=1S/C32H45FN4O2/c1-2-14-36(20-21-38)32(39)12-11-27-24-37(28-22-25-7-3-4-8-26(25)23-28)15-13-30(27)34-16-18-35(19-17-34)31-10-6-5-9-29(31)33/h3-10,27-28,30,38H,2,11-24H2,1H3/t27-,30+/m0/s1. The number of halogens is 1. The van der Waals surface area contributed by atoms with E-state index in [9.17, 15) is 14.3 Å². The number of para-hydroxylation sites is 1. The number of benzene rings is 2. The van der Waals surface area contributed by atoms with Crippen molar-refractivity contribution in [1.29, 1.82) is 0 Å². The lowest BCUT2D eigenvalue weighted by Crippen LogP contribution is -2.58. The molecule has 2 saturated heterocycles. The van der Waals surface area contributed by atoms with Gasteiger partial charge in [-0.15, -0.1) is 0 Å². The topological polar surface area (TPSA) is 50.3 Å². The van der Waals surface area contributed by atoms with E-state index in [1.54, 1.807) is 12.1 Å². The lowest BCUT2D eigenvalue weighted by atomic mass is 9.85. The number of hydrogen-bond acceptors (Lipinski definition) is 5. The Kier molecular flexibility index (Phi) is 9.53. The van der Waals surface area contributed by atoms with Crippen LogP contribution in [0.15, 0.2) is 48.5 Å². The lowest BCUT2D eigenvalue weighted by Gasteiger charge is -2.48. The smallest absolute Gasteiger partial charge is 0.222 e. The number of anilines is 1. The number of hydrogen-bond donors (Lipinski definition) is 1. The number of amides is 1. The number of nitrogens with zero attached hydrogens (tertiary/aromatic N) is 4. The summed E-state index contributed by atoms with van der Waals surface area (Å²) in [7, 11) is 0. The normalized spacial score (nSPS) is 22.7. The first-order chi connectivity index (χ1) is 19.1. The molecule has 0 spiro atoms. The zero-order chi connectivity index (χ0) is 27.2. The predicted octanol–water partition coefficient (Wildman–Crippen LogP) is 3.82. The zero-order valence-corrected chi connectivity index (χ0v) is 23.5. The number of aliphatic hydroxyl groups excluding tert-OH is 1. The molecule has 0 bridgehead atoms. The molecule has 2 aromatic carbocycles. The molecule has 0 radical (unpaired) electrons. The van der Waals surface area contributed by atoms with Gasteiger partial charge in [0.2, 0.25) is 5.91 Å². The highest BCUT2D eigenvalue weighted by atomic mass is 19.1. The molecule has 7 heteroatoms. The van der Waals surface area contributed by atoms with Crippen LogP contribution in [0.4, 0.5) is 10.1 Å². The van der Waals surface area contributed by atoms with Crippen molar-refractivity contribution in [2.24, 2.45) is 5.92 Å². The Hall–Kier alpha value is -2.48. The van der Waals surface area contributed by atoms with E-state index in [4.69, 9.17) is 0 Å². The molecule has 212 valence electrons. The summed E-state index contributed by atoms with van der Waals surface area (Å²) in [6.45, 7) is 8.83. The van der Waals surface area contributed by atoms with Gasteiger partial charge in [0.15, 0.2) is 0 Å². The molecule has 0 unspecified atom stereocenters. The second-order valence-corrected chi connectivity index (χ2v) is 11.6. The van der Waals surface area contributed by atoms with Crippen LogP contribution < -0.4 is 4.90 Å². The molecule has 1 N–H and O–H groups in total. The largest absolute Gasteiger partial charge is 0.395 e. The quantitative estimate of drug-likeness (QED) is 0.501. The van der Waals surface area contributed by atoms with E-state index in [1.807, 2.05) is 17.0 Å². The minimum absolute atomic E-state index is 0.0140.